The number of halogens is 2. The first-order valence-electron chi connectivity index (χ1n) is 3.90. The number of aromatic nitrogens is 2. The van der Waals surface area contributed by atoms with Crippen LogP contribution in [0.4, 0.5) is 0 Å². The predicted octanol–water partition coefficient (Wildman–Crippen LogP) is 3.47. The topological polar surface area (TPSA) is 25.8 Å². The highest BCUT2D eigenvalue weighted by Gasteiger charge is 1.76. The summed E-state index contributed by atoms with van der Waals surface area (Å²) in [6, 6.07) is 7.16. The summed E-state index contributed by atoms with van der Waals surface area (Å²) >= 11 is 11.0. The molecule has 0 saturated heterocycles. The smallest absolute Gasteiger partial charge is 0.0589 e. The molecule has 2 nitrogen and oxygen atoms in total. The Morgan fingerprint density at radius 2 is 1.21 bits per heavy atom. The van der Waals surface area contributed by atoms with Crippen LogP contribution in [0, 0.1) is 0 Å². The Hall–Kier alpha value is -1.12. The molecule has 0 fully saturated rings. The summed E-state index contributed by atoms with van der Waals surface area (Å²) in [5.41, 5.74) is 0. The van der Waals surface area contributed by atoms with Crippen LogP contribution in [-0.2, 0) is 0 Å². The fraction of sp³-hybridized carbons (Fsp3) is 0. The summed E-state index contributed by atoms with van der Waals surface area (Å²) in [6.07, 6.45) is 6.57. The number of hydrogen-bond acceptors (Lipinski definition) is 2. The van der Waals surface area contributed by atoms with Gasteiger partial charge in [0.25, 0.3) is 0 Å². The van der Waals surface area contributed by atoms with Gasteiger partial charge < -0.3 is 0 Å². The van der Waals surface area contributed by atoms with Gasteiger partial charge in [-0.3, -0.25) is 9.97 Å². The van der Waals surface area contributed by atoms with E-state index in [1.54, 1.807) is 49.1 Å². The molecule has 0 aliphatic rings. The standard InChI is InChI=1S/2C5H4ClN/c2*6-5-2-1-3-7-4-5/h2*1-4H. The van der Waals surface area contributed by atoms with E-state index < -0.39 is 0 Å². The van der Waals surface area contributed by atoms with Crippen LogP contribution in [0.5, 0.6) is 0 Å². The maximum Gasteiger partial charge on any atom is 0.0589 e. The van der Waals surface area contributed by atoms with Crippen LogP contribution in [0.1, 0.15) is 0 Å². The third-order valence-electron chi connectivity index (χ3n) is 1.25. The lowest BCUT2D eigenvalue weighted by Crippen LogP contribution is -1.64. The molecule has 72 valence electrons. The van der Waals surface area contributed by atoms with Gasteiger partial charge in [0.2, 0.25) is 0 Å². The van der Waals surface area contributed by atoms with Gasteiger partial charge in [-0.1, -0.05) is 23.2 Å². The van der Waals surface area contributed by atoms with Crippen molar-refractivity contribution in [1.29, 1.82) is 0 Å². The zero-order valence-corrected chi connectivity index (χ0v) is 8.78. The highest BCUT2D eigenvalue weighted by atomic mass is 35.5. The minimum absolute atomic E-state index is 0.683. The van der Waals surface area contributed by atoms with Gasteiger partial charge in [-0.2, -0.15) is 0 Å². The zero-order valence-electron chi connectivity index (χ0n) is 7.27. The highest BCUT2D eigenvalue weighted by molar-refractivity contribution is 6.30. The van der Waals surface area contributed by atoms with Gasteiger partial charge in [-0.05, 0) is 24.3 Å². The van der Waals surface area contributed by atoms with E-state index in [0.29, 0.717) is 10.0 Å². The van der Waals surface area contributed by atoms with E-state index in [-0.39, 0.29) is 0 Å². The monoisotopic (exact) mass is 226 g/mol. The molecule has 2 aromatic heterocycles. The summed E-state index contributed by atoms with van der Waals surface area (Å²) < 4.78 is 0. The first-order chi connectivity index (χ1) is 6.79. The minimum Gasteiger partial charge on any atom is -0.263 e. The summed E-state index contributed by atoms with van der Waals surface area (Å²) in [7, 11) is 0. The maximum atomic E-state index is 5.48. The molecule has 0 amide bonds. The Kier molecular flexibility index (Phi) is 4.97. The summed E-state index contributed by atoms with van der Waals surface area (Å²) in [6.45, 7) is 0. The van der Waals surface area contributed by atoms with E-state index in [4.69, 9.17) is 23.2 Å². The lowest BCUT2D eigenvalue weighted by molar-refractivity contribution is 1.33. The lowest BCUT2D eigenvalue weighted by atomic mass is 10.5. The van der Waals surface area contributed by atoms with Crippen molar-refractivity contribution in [2.45, 2.75) is 0 Å². The van der Waals surface area contributed by atoms with Crippen LogP contribution in [0.3, 0.4) is 0 Å². The van der Waals surface area contributed by atoms with Crippen molar-refractivity contribution in [1.82, 2.24) is 9.97 Å². The van der Waals surface area contributed by atoms with Crippen molar-refractivity contribution in [3.05, 3.63) is 59.1 Å². The van der Waals surface area contributed by atoms with Gasteiger partial charge in [0, 0.05) is 24.8 Å². The van der Waals surface area contributed by atoms with E-state index >= 15 is 0 Å². The minimum atomic E-state index is 0.683. The molecule has 0 radical (unpaired) electrons. The van der Waals surface area contributed by atoms with Crippen molar-refractivity contribution >= 4 is 23.2 Å². The quantitative estimate of drug-likeness (QED) is 0.688. The Balaban J connectivity index is 0.000000140. The molecule has 14 heavy (non-hydrogen) atoms. The molecule has 0 saturated carbocycles. The molecule has 4 heteroatoms. The lowest BCUT2D eigenvalue weighted by Gasteiger charge is -1.79. The molecule has 0 aliphatic heterocycles. The van der Waals surface area contributed by atoms with E-state index in [1.165, 1.54) is 0 Å². The molecule has 0 spiro atoms. The summed E-state index contributed by atoms with van der Waals surface area (Å²) in [4.78, 5) is 7.50. The van der Waals surface area contributed by atoms with Gasteiger partial charge >= 0.3 is 0 Å². The van der Waals surface area contributed by atoms with Crippen LogP contribution in [0.2, 0.25) is 10.0 Å². The number of pyridine rings is 2. The van der Waals surface area contributed by atoms with E-state index in [1.807, 2.05) is 0 Å². The molecule has 2 aromatic rings. The first-order valence-corrected chi connectivity index (χ1v) is 4.65. The Labute approximate surface area is 92.5 Å². The average Bonchev–Trinajstić information content (AvgIpc) is 2.21. The Morgan fingerprint density at radius 1 is 0.786 bits per heavy atom. The van der Waals surface area contributed by atoms with E-state index in [0.717, 1.165) is 0 Å². The van der Waals surface area contributed by atoms with Gasteiger partial charge in [0.15, 0.2) is 0 Å². The van der Waals surface area contributed by atoms with Crippen molar-refractivity contribution in [2.24, 2.45) is 0 Å². The molecule has 0 aromatic carbocycles. The third kappa shape index (κ3) is 4.80. The van der Waals surface area contributed by atoms with Gasteiger partial charge in [0.05, 0.1) is 10.0 Å². The van der Waals surface area contributed by atoms with Crippen LogP contribution in [0.15, 0.2) is 49.1 Å². The normalized spacial score (nSPS) is 8.71. The molecule has 2 heterocycles. The van der Waals surface area contributed by atoms with Gasteiger partial charge in [0.1, 0.15) is 0 Å². The van der Waals surface area contributed by atoms with Crippen molar-refractivity contribution < 1.29 is 0 Å². The molecule has 0 unspecified atom stereocenters. The average molecular weight is 227 g/mol. The van der Waals surface area contributed by atoms with Crippen molar-refractivity contribution in [3.63, 3.8) is 0 Å². The molecule has 0 aliphatic carbocycles. The molecule has 0 N–H and O–H groups in total. The van der Waals surface area contributed by atoms with Gasteiger partial charge in [-0.15, -0.1) is 0 Å². The van der Waals surface area contributed by atoms with Crippen LogP contribution < -0.4 is 0 Å². The van der Waals surface area contributed by atoms with Gasteiger partial charge in [-0.25, -0.2) is 0 Å². The number of nitrogens with zero attached hydrogens (tertiary/aromatic N) is 2. The van der Waals surface area contributed by atoms with E-state index in [9.17, 15) is 0 Å². The number of rotatable bonds is 0. The summed E-state index contributed by atoms with van der Waals surface area (Å²) in [5.74, 6) is 0. The predicted molar refractivity (Wildman–Crippen MR) is 58.5 cm³/mol. The molecular formula is C10H8Cl2N2. The first kappa shape index (κ1) is 11.0. The Morgan fingerprint density at radius 3 is 1.36 bits per heavy atom. The molecular weight excluding hydrogens is 219 g/mol. The highest BCUT2D eigenvalue weighted by Crippen LogP contribution is 2.01. The van der Waals surface area contributed by atoms with Crippen LogP contribution >= 0.6 is 23.2 Å². The Bertz CT molecular complexity index is 314. The van der Waals surface area contributed by atoms with Crippen molar-refractivity contribution in [2.75, 3.05) is 0 Å². The van der Waals surface area contributed by atoms with E-state index in [2.05, 4.69) is 9.97 Å². The number of hydrogen-bond donors (Lipinski definition) is 0. The second-order valence-corrected chi connectivity index (χ2v) is 3.22. The molecule has 2 rings (SSSR count). The fourth-order valence-electron chi connectivity index (χ4n) is 0.684. The fourth-order valence-corrected chi connectivity index (χ4v) is 0.942. The second kappa shape index (κ2) is 6.35. The summed E-state index contributed by atoms with van der Waals surface area (Å²) in [5, 5.41) is 1.37. The molecule has 0 atom stereocenters. The van der Waals surface area contributed by atoms with Crippen molar-refractivity contribution in [3.8, 4) is 0 Å². The maximum absolute atomic E-state index is 5.48. The molecule has 0 bridgehead atoms. The SMILES string of the molecule is Clc1cccnc1.Clc1cccnc1. The largest absolute Gasteiger partial charge is 0.263 e. The van der Waals surface area contributed by atoms with Crippen LogP contribution in [0.25, 0.3) is 0 Å². The second-order valence-electron chi connectivity index (χ2n) is 2.34. The zero-order chi connectivity index (χ0) is 10.2. The van der Waals surface area contributed by atoms with Crippen LogP contribution in [-0.4, -0.2) is 9.97 Å². The third-order valence-corrected chi connectivity index (χ3v) is 1.70.